The van der Waals surface area contributed by atoms with Crippen LogP contribution in [0.15, 0.2) is 48.5 Å². The van der Waals surface area contributed by atoms with Gasteiger partial charge in [-0.15, -0.1) is 0 Å². The van der Waals surface area contributed by atoms with Crippen LogP contribution in [0.1, 0.15) is 22.3 Å². The fourth-order valence-electron chi connectivity index (χ4n) is 2.61. The molecule has 2 aromatic rings. The monoisotopic (exact) mass is 342 g/mol. The lowest BCUT2D eigenvalue weighted by molar-refractivity contribution is -0.125. The van der Waals surface area contributed by atoms with Gasteiger partial charge in [0.2, 0.25) is 11.8 Å². The summed E-state index contributed by atoms with van der Waals surface area (Å²) < 4.78 is 0. The Kier molecular flexibility index (Phi) is 4.62. The zero-order valence-electron chi connectivity index (χ0n) is 12.7. The molecule has 0 aromatic heterocycles. The van der Waals surface area contributed by atoms with E-state index in [9.17, 15) is 14.4 Å². The summed E-state index contributed by atoms with van der Waals surface area (Å²) in [6.45, 7) is 0. The van der Waals surface area contributed by atoms with E-state index in [4.69, 9.17) is 11.6 Å². The number of rotatable bonds is 4. The normalized spacial score (nSPS) is 16.8. The molecular weight excluding hydrogens is 328 g/mol. The number of carbonyl (C=O) groups is 3. The first-order chi connectivity index (χ1) is 11.5. The summed E-state index contributed by atoms with van der Waals surface area (Å²) in [5.41, 5.74) is 2.06. The van der Waals surface area contributed by atoms with Gasteiger partial charge in [-0.25, -0.2) is 0 Å². The molecule has 1 saturated heterocycles. The molecule has 0 aliphatic carbocycles. The summed E-state index contributed by atoms with van der Waals surface area (Å²) in [6, 6.07) is 13.9. The second-order valence-electron chi connectivity index (χ2n) is 5.68. The Hall–Kier alpha value is -2.66. The van der Waals surface area contributed by atoms with Crippen LogP contribution in [-0.4, -0.2) is 17.7 Å². The molecule has 1 aliphatic rings. The van der Waals surface area contributed by atoms with Crippen LogP contribution in [0.2, 0.25) is 5.02 Å². The first-order valence-corrected chi connectivity index (χ1v) is 7.88. The fourth-order valence-corrected chi connectivity index (χ4v) is 2.80. The molecule has 5 nitrogen and oxygen atoms in total. The number of carbonyl (C=O) groups excluding carboxylic acids is 3. The molecule has 122 valence electrons. The highest BCUT2D eigenvalue weighted by Crippen LogP contribution is 2.19. The number of nitrogens with one attached hydrogen (secondary N) is 2. The lowest BCUT2D eigenvalue weighted by Gasteiger charge is -2.09. The topological polar surface area (TPSA) is 75.3 Å². The van der Waals surface area contributed by atoms with E-state index in [1.807, 2.05) is 12.1 Å². The average Bonchev–Trinajstić information content (AvgIpc) is 2.87. The third-order valence-corrected chi connectivity index (χ3v) is 4.08. The van der Waals surface area contributed by atoms with Crippen molar-refractivity contribution in [2.45, 2.75) is 12.8 Å². The maximum atomic E-state index is 12.1. The molecule has 1 heterocycles. The number of benzene rings is 2. The Morgan fingerprint density at radius 3 is 2.54 bits per heavy atom. The fraction of sp³-hybridized carbons (Fsp3) is 0.167. The van der Waals surface area contributed by atoms with Gasteiger partial charge in [0.25, 0.3) is 5.91 Å². The summed E-state index contributed by atoms with van der Waals surface area (Å²) in [5, 5.41) is 5.59. The molecule has 0 spiro atoms. The summed E-state index contributed by atoms with van der Waals surface area (Å²) in [4.78, 5) is 34.9. The Balaban J connectivity index is 1.63. The standard InChI is InChI=1S/C18H15ClN2O3/c19-14-3-1-2-12(9-14)17(23)20-15-6-4-11(5-7-15)8-13-10-16(22)21-18(13)24/h1-7,9,13H,8,10H2,(H,20,23)(H,21,22,24)/t13-/m0/s1. The average molecular weight is 343 g/mol. The van der Waals surface area contributed by atoms with Gasteiger partial charge in [0.05, 0.1) is 5.92 Å². The highest BCUT2D eigenvalue weighted by Gasteiger charge is 2.30. The maximum absolute atomic E-state index is 12.1. The van der Waals surface area contributed by atoms with E-state index in [0.29, 0.717) is 22.7 Å². The Bertz CT molecular complexity index is 802. The smallest absolute Gasteiger partial charge is 0.255 e. The van der Waals surface area contributed by atoms with E-state index in [1.54, 1.807) is 36.4 Å². The Morgan fingerprint density at radius 2 is 1.92 bits per heavy atom. The molecule has 6 heteroatoms. The third-order valence-electron chi connectivity index (χ3n) is 3.85. The molecule has 3 amide bonds. The maximum Gasteiger partial charge on any atom is 0.255 e. The predicted octanol–water partition coefficient (Wildman–Crippen LogP) is 2.80. The van der Waals surface area contributed by atoms with Crippen LogP contribution in [0.4, 0.5) is 5.69 Å². The lowest BCUT2D eigenvalue weighted by atomic mass is 9.98. The lowest BCUT2D eigenvalue weighted by Crippen LogP contribution is -2.22. The van der Waals surface area contributed by atoms with Crippen molar-refractivity contribution in [1.29, 1.82) is 0 Å². The minimum absolute atomic E-state index is 0.224. The molecule has 1 atom stereocenters. The van der Waals surface area contributed by atoms with Gasteiger partial charge in [-0.05, 0) is 42.3 Å². The van der Waals surface area contributed by atoms with Crippen molar-refractivity contribution in [3.05, 3.63) is 64.7 Å². The van der Waals surface area contributed by atoms with Crippen LogP contribution in [-0.2, 0) is 16.0 Å². The Labute approximate surface area is 144 Å². The molecule has 1 aliphatic heterocycles. The first-order valence-electron chi connectivity index (χ1n) is 7.51. The number of imide groups is 1. The molecule has 0 bridgehead atoms. The molecule has 1 fully saturated rings. The second kappa shape index (κ2) is 6.84. The van der Waals surface area contributed by atoms with Crippen molar-refractivity contribution in [2.75, 3.05) is 5.32 Å². The van der Waals surface area contributed by atoms with Crippen LogP contribution < -0.4 is 10.6 Å². The van der Waals surface area contributed by atoms with E-state index in [0.717, 1.165) is 5.56 Å². The molecule has 0 radical (unpaired) electrons. The molecule has 2 N–H and O–H groups in total. The summed E-state index contributed by atoms with van der Waals surface area (Å²) in [7, 11) is 0. The summed E-state index contributed by atoms with van der Waals surface area (Å²) in [6.07, 6.45) is 0.728. The number of halogens is 1. The molecule has 3 rings (SSSR count). The van der Waals surface area contributed by atoms with Crippen molar-refractivity contribution in [3.63, 3.8) is 0 Å². The van der Waals surface area contributed by atoms with Crippen molar-refractivity contribution in [2.24, 2.45) is 5.92 Å². The highest BCUT2D eigenvalue weighted by molar-refractivity contribution is 6.31. The van der Waals surface area contributed by atoms with Gasteiger partial charge in [-0.2, -0.15) is 0 Å². The van der Waals surface area contributed by atoms with Crippen molar-refractivity contribution in [1.82, 2.24) is 5.32 Å². The van der Waals surface area contributed by atoms with Gasteiger partial charge in [-0.3, -0.25) is 19.7 Å². The zero-order valence-corrected chi connectivity index (χ0v) is 13.5. The van der Waals surface area contributed by atoms with Gasteiger partial charge in [0.15, 0.2) is 0 Å². The van der Waals surface area contributed by atoms with E-state index >= 15 is 0 Å². The van der Waals surface area contributed by atoms with Gasteiger partial charge in [0.1, 0.15) is 0 Å². The molecule has 0 unspecified atom stereocenters. The summed E-state index contributed by atoms with van der Waals surface area (Å²) in [5.74, 6) is -1.01. The number of anilines is 1. The highest BCUT2D eigenvalue weighted by atomic mass is 35.5. The van der Waals surface area contributed by atoms with Crippen molar-refractivity contribution < 1.29 is 14.4 Å². The minimum atomic E-state index is -0.315. The first kappa shape index (κ1) is 16.2. The van der Waals surface area contributed by atoms with Gasteiger partial charge < -0.3 is 5.32 Å². The van der Waals surface area contributed by atoms with Crippen LogP contribution in [0.5, 0.6) is 0 Å². The van der Waals surface area contributed by atoms with Gasteiger partial charge in [-0.1, -0.05) is 29.8 Å². The second-order valence-corrected chi connectivity index (χ2v) is 6.12. The number of hydrogen-bond acceptors (Lipinski definition) is 3. The quantitative estimate of drug-likeness (QED) is 0.839. The Morgan fingerprint density at radius 1 is 1.17 bits per heavy atom. The van der Waals surface area contributed by atoms with Crippen LogP contribution >= 0.6 is 11.6 Å². The summed E-state index contributed by atoms with van der Waals surface area (Å²) >= 11 is 5.88. The van der Waals surface area contributed by atoms with E-state index in [1.165, 1.54) is 0 Å². The van der Waals surface area contributed by atoms with Crippen molar-refractivity contribution >= 4 is 35.0 Å². The van der Waals surface area contributed by atoms with Crippen LogP contribution in [0.3, 0.4) is 0 Å². The van der Waals surface area contributed by atoms with E-state index < -0.39 is 0 Å². The minimum Gasteiger partial charge on any atom is -0.322 e. The van der Waals surface area contributed by atoms with E-state index in [2.05, 4.69) is 10.6 Å². The predicted molar refractivity (Wildman–Crippen MR) is 90.8 cm³/mol. The third kappa shape index (κ3) is 3.81. The molecule has 2 aromatic carbocycles. The number of hydrogen-bond donors (Lipinski definition) is 2. The zero-order chi connectivity index (χ0) is 17.1. The van der Waals surface area contributed by atoms with E-state index in [-0.39, 0.29) is 30.1 Å². The van der Waals surface area contributed by atoms with Crippen LogP contribution in [0, 0.1) is 5.92 Å². The van der Waals surface area contributed by atoms with Gasteiger partial charge >= 0.3 is 0 Å². The largest absolute Gasteiger partial charge is 0.322 e. The van der Waals surface area contributed by atoms with Crippen molar-refractivity contribution in [3.8, 4) is 0 Å². The van der Waals surface area contributed by atoms with Gasteiger partial charge in [0, 0.05) is 22.7 Å². The molecule has 0 saturated carbocycles. The number of amides is 3. The molecular formula is C18H15ClN2O3. The van der Waals surface area contributed by atoms with Crippen LogP contribution in [0.25, 0.3) is 0 Å². The SMILES string of the molecule is O=C1C[C@H](Cc2ccc(NC(=O)c3cccc(Cl)c3)cc2)C(=O)N1. The molecule has 24 heavy (non-hydrogen) atoms.